The molecule has 0 amide bonds. The molecule has 200 valence electrons. The van der Waals surface area contributed by atoms with Crippen molar-refractivity contribution in [1.82, 2.24) is 24.7 Å². The molecule has 5 heterocycles. The van der Waals surface area contributed by atoms with Crippen LogP contribution < -0.4 is 4.90 Å². The molecule has 2 atom stereocenters. The quantitative estimate of drug-likeness (QED) is 0.373. The van der Waals surface area contributed by atoms with E-state index in [9.17, 15) is 4.39 Å². The molecule has 0 N–H and O–H groups in total. The van der Waals surface area contributed by atoms with E-state index in [1.165, 1.54) is 12.1 Å². The average molecular weight is 532 g/mol. The zero-order valence-electron chi connectivity index (χ0n) is 21.6. The number of aromatic nitrogens is 5. The van der Waals surface area contributed by atoms with Crippen molar-refractivity contribution in [3.8, 4) is 11.3 Å². The Morgan fingerprint density at radius 3 is 2.67 bits per heavy atom. The number of hydrogen-bond acceptors (Lipinski definition) is 8. The maximum absolute atomic E-state index is 15.1. The second-order valence-electron chi connectivity index (χ2n) is 10.3. The van der Waals surface area contributed by atoms with Gasteiger partial charge in [-0.15, -0.1) is 0 Å². The molecule has 4 aromatic rings. The van der Waals surface area contributed by atoms with Crippen LogP contribution >= 0.6 is 0 Å². The van der Waals surface area contributed by atoms with Gasteiger partial charge in [0.25, 0.3) is 0 Å². The van der Waals surface area contributed by atoms with Gasteiger partial charge in [0, 0.05) is 35.3 Å². The van der Waals surface area contributed by atoms with Crippen molar-refractivity contribution in [2.75, 3.05) is 31.1 Å². The fourth-order valence-corrected chi connectivity index (χ4v) is 5.23. The van der Waals surface area contributed by atoms with Crippen molar-refractivity contribution in [1.29, 1.82) is 0 Å². The van der Waals surface area contributed by atoms with Gasteiger partial charge in [-0.2, -0.15) is 10.1 Å². The Labute approximate surface area is 223 Å². The second kappa shape index (κ2) is 9.33. The molecule has 11 heteroatoms. The fraction of sp³-hybridized carbons (Fsp3) is 0.393. The normalized spacial score (nSPS) is 21.3. The van der Waals surface area contributed by atoms with Crippen molar-refractivity contribution in [3.63, 3.8) is 0 Å². The van der Waals surface area contributed by atoms with E-state index in [-0.39, 0.29) is 17.8 Å². The number of anilines is 1. The van der Waals surface area contributed by atoms with E-state index in [2.05, 4.69) is 16.3 Å². The number of halogens is 2. The van der Waals surface area contributed by atoms with Crippen molar-refractivity contribution in [2.45, 2.75) is 44.9 Å². The molecular weight excluding hydrogens is 504 g/mol. The van der Waals surface area contributed by atoms with Gasteiger partial charge in [0.15, 0.2) is 5.65 Å². The lowest BCUT2D eigenvalue weighted by Gasteiger charge is -2.36. The highest BCUT2D eigenvalue weighted by Gasteiger charge is 2.32. The zero-order valence-corrected chi connectivity index (χ0v) is 21.6. The van der Waals surface area contributed by atoms with Crippen LogP contribution in [0.4, 0.5) is 14.7 Å². The summed E-state index contributed by atoms with van der Waals surface area (Å²) in [5, 5.41) is 5.06. The summed E-state index contributed by atoms with van der Waals surface area (Å²) in [6.45, 7) is 5.98. The minimum Gasteiger partial charge on any atom is -0.475 e. The van der Waals surface area contributed by atoms with Gasteiger partial charge in [-0.25, -0.2) is 23.7 Å². The summed E-state index contributed by atoms with van der Waals surface area (Å²) in [5.74, 6) is -0.466. The van der Waals surface area contributed by atoms with Crippen LogP contribution in [0.3, 0.4) is 0 Å². The minimum absolute atomic E-state index is 0.104. The Hall–Kier alpha value is -3.99. The van der Waals surface area contributed by atoms with E-state index >= 15 is 4.39 Å². The molecule has 2 fully saturated rings. The van der Waals surface area contributed by atoms with Gasteiger partial charge in [-0.3, -0.25) is 4.68 Å². The Morgan fingerprint density at radius 2 is 1.90 bits per heavy atom. The number of hydrogen-bond donors (Lipinski definition) is 0. The lowest BCUT2D eigenvalue weighted by Crippen LogP contribution is -2.43. The van der Waals surface area contributed by atoms with Gasteiger partial charge in [0.1, 0.15) is 24.3 Å². The van der Waals surface area contributed by atoms with E-state index in [1.54, 1.807) is 0 Å². The molecule has 1 saturated heterocycles. The first kappa shape index (κ1) is 24.1. The number of morpholine rings is 1. The molecule has 9 nitrogen and oxygen atoms in total. The minimum atomic E-state index is -0.710. The fourth-order valence-electron chi connectivity index (χ4n) is 5.23. The predicted octanol–water partition coefficient (Wildman–Crippen LogP) is 4.55. The molecule has 7 rings (SSSR count). The smallest absolute Gasteiger partial charge is 0.228 e. The van der Waals surface area contributed by atoms with E-state index in [1.807, 2.05) is 35.7 Å². The Balaban J connectivity index is 1.33. The Morgan fingerprint density at radius 1 is 1.03 bits per heavy atom. The SMILES string of the molecule is Cc1nc2nc(N3CC(C)OC(c4cnn(C5CC5)c4)C3)nc(-c3ccc(F)cc3F)c2cc1C1=NCCO1. The van der Waals surface area contributed by atoms with Crippen LogP contribution in [0.1, 0.15) is 48.7 Å². The predicted molar refractivity (Wildman–Crippen MR) is 141 cm³/mol. The van der Waals surface area contributed by atoms with Crippen LogP contribution in [0.2, 0.25) is 0 Å². The molecular formula is C28H27F2N7O2. The van der Waals surface area contributed by atoms with Gasteiger partial charge in [0.2, 0.25) is 11.8 Å². The van der Waals surface area contributed by atoms with Crippen molar-refractivity contribution >= 4 is 22.9 Å². The van der Waals surface area contributed by atoms with Crippen molar-refractivity contribution in [3.05, 3.63) is 65.1 Å². The number of rotatable bonds is 5. The summed E-state index contributed by atoms with van der Waals surface area (Å²) in [7, 11) is 0. The standard InChI is InChI=1S/C28H27F2N7O2/c1-15-12-36(14-24(39-15)17-11-32-37(13-17)19-4-5-19)28-34-25(20-6-3-18(29)9-23(20)30)22-10-21(27-31-7-8-38-27)16(2)33-26(22)35-28/h3,6,9-11,13,15,19,24H,4-5,7-8,12,14H2,1-2H3. The largest absolute Gasteiger partial charge is 0.475 e. The maximum atomic E-state index is 15.1. The summed E-state index contributed by atoms with van der Waals surface area (Å²) >= 11 is 0. The van der Waals surface area contributed by atoms with Crippen LogP contribution in [-0.4, -0.2) is 63.0 Å². The van der Waals surface area contributed by atoms with Gasteiger partial charge in [-0.05, 0) is 44.9 Å². The van der Waals surface area contributed by atoms with E-state index in [0.29, 0.717) is 72.1 Å². The number of aliphatic imine (C=N–C) groups is 1. The first-order valence-electron chi connectivity index (χ1n) is 13.2. The topological polar surface area (TPSA) is 90.6 Å². The Kier molecular flexibility index (Phi) is 5.76. The number of pyridine rings is 1. The highest BCUT2D eigenvalue weighted by atomic mass is 19.1. The summed E-state index contributed by atoms with van der Waals surface area (Å²) < 4.78 is 42.9. The third-order valence-electron chi connectivity index (χ3n) is 7.33. The lowest BCUT2D eigenvalue weighted by atomic mass is 10.0. The molecule has 1 aromatic carbocycles. The van der Waals surface area contributed by atoms with Gasteiger partial charge < -0.3 is 14.4 Å². The lowest BCUT2D eigenvalue weighted by molar-refractivity contribution is -0.0178. The molecule has 0 spiro atoms. The first-order valence-corrected chi connectivity index (χ1v) is 13.2. The van der Waals surface area contributed by atoms with E-state index < -0.39 is 11.6 Å². The Bertz CT molecular complexity index is 1620. The molecule has 1 aliphatic carbocycles. The van der Waals surface area contributed by atoms with Gasteiger partial charge >= 0.3 is 0 Å². The van der Waals surface area contributed by atoms with Crippen LogP contribution in [-0.2, 0) is 9.47 Å². The van der Waals surface area contributed by atoms with Crippen molar-refractivity contribution in [2.24, 2.45) is 4.99 Å². The molecule has 2 unspecified atom stereocenters. The third kappa shape index (κ3) is 4.50. The monoisotopic (exact) mass is 531 g/mol. The summed E-state index contributed by atoms with van der Waals surface area (Å²) in [6.07, 6.45) is 5.89. The molecule has 1 saturated carbocycles. The zero-order chi connectivity index (χ0) is 26.7. The summed E-state index contributed by atoms with van der Waals surface area (Å²) in [5.41, 5.74) is 3.30. The van der Waals surface area contributed by atoms with E-state index in [0.717, 1.165) is 24.5 Å². The molecule has 2 aliphatic heterocycles. The van der Waals surface area contributed by atoms with Gasteiger partial charge in [0.05, 0.1) is 48.4 Å². The molecule has 0 bridgehead atoms. The number of ether oxygens (including phenoxy) is 2. The van der Waals surface area contributed by atoms with Crippen LogP contribution in [0.5, 0.6) is 0 Å². The molecule has 3 aliphatic rings. The molecule has 39 heavy (non-hydrogen) atoms. The highest BCUT2D eigenvalue weighted by molar-refractivity contribution is 6.01. The van der Waals surface area contributed by atoms with Crippen LogP contribution in [0.25, 0.3) is 22.3 Å². The second-order valence-corrected chi connectivity index (χ2v) is 10.3. The summed E-state index contributed by atoms with van der Waals surface area (Å²) in [4.78, 5) is 20.9. The average Bonchev–Trinajstić information content (AvgIpc) is 3.39. The summed E-state index contributed by atoms with van der Waals surface area (Å²) in [6, 6.07) is 5.80. The highest BCUT2D eigenvalue weighted by Crippen LogP contribution is 2.36. The first-order chi connectivity index (χ1) is 18.9. The third-order valence-corrected chi connectivity index (χ3v) is 7.33. The number of fused-ring (bicyclic) bond motifs is 1. The molecule has 3 aromatic heterocycles. The maximum Gasteiger partial charge on any atom is 0.228 e. The van der Waals surface area contributed by atoms with Gasteiger partial charge in [-0.1, -0.05) is 0 Å². The van der Waals surface area contributed by atoms with E-state index in [4.69, 9.17) is 24.4 Å². The number of nitrogens with zero attached hydrogens (tertiary/aromatic N) is 7. The number of benzene rings is 1. The van der Waals surface area contributed by atoms with Crippen molar-refractivity contribution < 1.29 is 18.3 Å². The van der Waals surface area contributed by atoms with Crippen LogP contribution in [0.15, 0.2) is 41.7 Å². The molecule has 0 radical (unpaired) electrons. The number of aryl methyl sites for hydroxylation is 1. The van der Waals surface area contributed by atoms with Crippen LogP contribution in [0, 0.1) is 18.6 Å².